The molecule has 0 aliphatic rings. The Hall–Kier alpha value is -4.57. The van der Waals surface area contributed by atoms with Crippen molar-refractivity contribution in [3.05, 3.63) is 146 Å². The Morgan fingerprint density at radius 2 is 0.515 bits per heavy atom. The quantitative estimate of drug-likeness (QED) is 0.0146. The van der Waals surface area contributed by atoms with Crippen LogP contribution in [0, 0.1) is 0 Å². The molecule has 0 aromatic rings. The molecule has 0 aliphatic carbocycles. The number of hydrogen-bond acceptors (Lipinski definition) is 14. The van der Waals surface area contributed by atoms with E-state index in [1.165, 1.54) is 77.0 Å². The molecule has 0 rings (SSSR count). The van der Waals surface area contributed by atoms with E-state index < -0.39 is 91.5 Å². The van der Waals surface area contributed by atoms with Gasteiger partial charge in [-0.25, -0.2) is 9.13 Å². The van der Waals surface area contributed by atoms with Crippen LogP contribution >= 0.6 is 15.6 Å². The third kappa shape index (κ3) is 78.3. The van der Waals surface area contributed by atoms with Gasteiger partial charge in [0.15, 0.2) is 6.10 Å². The summed E-state index contributed by atoms with van der Waals surface area (Å²) in [4.78, 5) is 58.6. The summed E-state index contributed by atoms with van der Waals surface area (Å²) in [5.41, 5.74) is 0. The van der Waals surface area contributed by atoms with Crippen molar-refractivity contribution in [2.24, 2.45) is 0 Å². The van der Waals surface area contributed by atoms with E-state index in [0.717, 1.165) is 180 Å². The van der Waals surface area contributed by atoms with Gasteiger partial charge in [0, 0.05) is 19.3 Å². The summed E-state index contributed by atoms with van der Waals surface area (Å²) >= 11 is 0. The van der Waals surface area contributed by atoms with Gasteiger partial charge in [-0.3, -0.25) is 32.5 Å². The first-order valence-corrected chi connectivity index (χ1v) is 43.1. The molecular weight excluding hydrogens is 1340 g/mol. The molecule has 5 unspecified atom stereocenters. The second-order valence-electron chi connectivity index (χ2n) is 26.5. The fourth-order valence-electron chi connectivity index (χ4n) is 10.5. The van der Waals surface area contributed by atoms with Gasteiger partial charge in [0.2, 0.25) is 0 Å². The molecule has 103 heavy (non-hydrogen) atoms. The first-order chi connectivity index (χ1) is 50.2. The summed E-state index contributed by atoms with van der Waals surface area (Å²) in [5, 5.41) is 20.6. The Labute approximate surface area is 626 Å². The zero-order valence-electron chi connectivity index (χ0n) is 64.4. The van der Waals surface area contributed by atoms with Crippen LogP contribution in [0.3, 0.4) is 0 Å². The highest BCUT2D eigenvalue weighted by atomic mass is 31.2. The average molecular weight is 1480 g/mol. The largest absolute Gasteiger partial charge is 0.472 e. The summed E-state index contributed by atoms with van der Waals surface area (Å²) in [6, 6.07) is 0. The molecule has 0 aromatic carbocycles. The molecule has 0 bridgehead atoms. The zero-order valence-corrected chi connectivity index (χ0v) is 66.2. The fourth-order valence-corrected chi connectivity index (χ4v) is 12.1. The number of aliphatic hydroxyl groups is 2. The van der Waals surface area contributed by atoms with Gasteiger partial charge in [-0.1, -0.05) is 308 Å². The van der Waals surface area contributed by atoms with Gasteiger partial charge >= 0.3 is 33.6 Å². The highest BCUT2D eigenvalue weighted by Crippen LogP contribution is 2.45. The van der Waals surface area contributed by atoms with E-state index in [0.29, 0.717) is 19.3 Å². The number of aliphatic hydroxyl groups excluding tert-OH is 2. The Balaban J connectivity index is 4.40. The maximum atomic E-state index is 12.9. The number of ether oxygens (including phenoxy) is 3. The summed E-state index contributed by atoms with van der Waals surface area (Å²) in [5.74, 6) is -1.60. The van der Waals surface area contributed by atoms with Crippen molar-refractivity contribution in [3.8, 4) is 0 Å². The van der Waals surface area contributed by atoms with Crippen molar-refractivity contribution in [3.63, 3.8) is 0 Å². The van der Waals surface area contributed by atoms with E-state index in [-0.39, 0.29) is 19.3 Å². The van der Waals surface area contributed by atoms with Crippen LogP contribution in [-0.2, 0) is 55.8 Å². The first-order valence-electron chi connectivity index (χ1n) is 40.1. The lowest BCUT2D eigenvalue weighted by Gasteiger charge is -2.21. The molecule has 590 valence electrons. The molecule has 0 saturated heterocycles. The van der Waals surface area contributed by atoms with Gasteiger partial charge in [-0.2, -0.15) is 0 Å². The minimum Gasteiger partial charge on any atom is -0.463 e. The standard InChI is InChI=1S/C85H144O16P2/c1-4-7-10-13-16-19-22-24-26-28-30-32-34-35-36-37-38-39-40-41-42-43-45-47-48-50-52-54-57-59-62-65-68-71-83(88)95-74-80(86)75-97-102(91,92)98-76-81(87)77-99-103(93,94)100-79-82(101-85(90)73-70-67-64-61-56-21-18-15-12-9-6-3)78-96-84(89)72-69-66-63-60-58-55-53-51-49-46-44-33-31-29-27-25-23-20-17-14-11-8-5-2/h7-8,10-11,15-20,24-27,30-33,35-36,38-39,46,49,80-82,86-87H,4-6,9,12-14,21-23,28-29,34,37,40-45,47-48,50-79H2,1-3H3,(H,91,92)(H,93,94)/b10-7-,11-8-,18-15-,19-16-,20-17-,26-24-,27-25-,32-30-,33-31-,36-35-,39-38-,49-46-. The summed E-state index contributed by atoms with van der Waals surface area (Å²) < 4.78 is 61.1. The van der Waals surface area contributed by atoms with E-state index >= 15 is 0 Å². The van der Waals surface area contributed by atoms with E-state index in [1.54, 1.807) is 0 Å². The van der Waals surface area contributed by atoms with Crippen LogP contribution in [0.15, 0.2) is 146 Å². The number of carbonyl (C=O) groups is 3. The molecule has 0 radical (unpaired) electrons. The Morgan fingerprint density at radius 3 is 0.825 bits per heavy atom. The number of hydrogen-bond donors (Lipinski definition) is 4. The van der Waals surface area contributed by atoms with Gasteiger partial charge in [0.1, 0.15) is 25.4 Å². The topological polar surface area (TPSA) is 231 Å². The molecule has 18 heteroatoms. The molecule has 0 saturated carbocycles. The lowest BCUT2D eigenvalue weighted by Crippen LogP contribution is -2.30. The van der Waals surface area contributed by atoms with Gasteiger partial charge in [-0.15, -0.1) is 0 Å². The van der Waals surface area contributed by atoms with Crippen molar-refractivity contribution >= 4 is 33.6 Å². The van der Waals surface area contributed by atoms with Gasteiger partial charge < -0.3 is 34.2 Å². The van der Waals surface area contributed by atoms with Crippen molar-refractivity contribution in [1.82, 2.24) is 0 Å². The molecule has 0 spiro atoms. The van der Waals surface area contributed by atoms with Crippen molar-refractivity contribution in [2.45, 2.75) is 334 Å². The maximum absolute atomic E-state index is 12.9. The number of phosphoric acid groups is 2. The number of carbonyl (C=O) groups excluding carboxylic acids is 3. The normalized spacial score (nSPS) is 14.7. The fraction of sp³-hybridized carbons (Fsp3) is 0.682. The number of unbranched alkanes of at least 4 members (excludes halogenated alkanes) is 28. The summed E-state index contributed by atoms with van der Waals surface area (Å²) in [6.45, 7) is 2.39. The van der Waals surface area contributed by atoms with Crippen molar-refractivity contribution in [1.29, 1.82) is 0 Å². The highest BCUT2D eigenvalue weighted by molar-refractivity contribution is 7.47. The number of esters is 3. The third-order valence-corrected chi connectivity index (χ3v) is 18.4. The van der Waals surface area contributed by atoms with Crippen LogP contribution in [0.1, 0.15) is 316 Å². The SMILES string of the molecule is CC/C=C\C/C=C\C/C=C\C/C=C\C/C=C\C/C=C\CCCCCCCCCCCCCCCCC(=O)OCC(O)COP(=O)(O)OCC(O)COP(=O)(O)OCC(COC(=O)CCCCCCCCC/C=C\C/C=C\C/C=C\C/C=C\C/C=C\CC)OC(=O)CCCCCCC/C=C\CCCC. The second-order valence-corrected chi connectivity index (χ2v) is 29.4. The average Bonchev–Trinajstić information content (AvgIpc) is 0.914. The minimum atomic E-state index is -4.93. The maximum Gasteiger partial charge on any atom is 0.472 e. The van der Waals surface area contributed by atoms with Crippen LogP contribution in [0.5, 0.6) is 0 Å². The zero-order chi connectivity index (χ0) is 75.2. The molecular formula is C85H144O16P2. The highest BCUT2D eigenvalue weighted by Gasteiger charge is 2.29. The van der Waals surface area contributed by atoms with Crippen LogP contribution in [-0.4, -0.2) is 95.9 Å². The molecule has 0 heterocycles. The smallest absolute Gasteiger partial charge is 0.463 e. The van der Waals surface area contributed by atoms with Gasteiger partial charge in [0.05, 0.1) is 26.4 Å². The molecule has 4 N–H and O–H groups in total. The molecule has 0 aromatic heterocycles. The number of rotatable bonds is 75. The number of allylic oxidation sites excluding steroid dienone is 24. The van der Waals surface area contributed by atoms with E-state index in [1.807, 2.05) is 0 Å². The van der Waals surface area contributed by atoms with Crippen molar-refractivity contribution in [2.75, 3.05) is 39.6 Å². The minimum absolute atomic E-state index is 0.0889. The molecule has 0 fully saturated rings. The molecule has 0 aliphatic heterocycles. The summed E-state index contributed by atoms with van der Waals surface area (Å²) in [6.07, 6.45) is 94.9. The summed E-state index contributed by atoms with van der Waals surface area (Å²) in [7, 11) is -9.79. The van der Waals surface area contributed by atoms with Crippen LogP contribution < -0.4 is 0 Å². The van der Waals surface area contributed by atoms with Gasteiger partial charge in [-0.05, 0) is 135 Å². The third-order valence-electron chi connectivity index (χ3n) is 16.5. The monoisotopic (exact) mass is 1480 g/mol. The van der Waals surface area contributed by atoms with Crippen LogP contribution in [0.2, 0.25) is 0 Å². The van der Waals surface area contributed by atoms with E-state index in [9.17, 15) is 43.5 Å². The Morgan fingerprint density at radius 1 is 0.282 bits per heavy atom. The molecule has 16 nitrogen and oxygen atoms in total. The lowest BCUT2D eigenvalue weighted by molar-refractivity contribution is -0.161. The predicted molar refractivity (Wildman–Crippen MR) is 426 cm³/mol. The first kappa shape index (κ1) is 98.4. The van der Waals surface area contributed by atoms with E-state index in [2.05, 4.69) is 167 Å². The predicted octanol–water partition coefficient (Wildman–Crippen LogP) is 23.7. The molecule has 0 amide bonds. The van der Waals surface area contributed by atoms with Gasteiger partial charge in [0.25, 0.3) is 0 Å². The Kier molecular flexibility index (Phi) is 73.6. The number of phosphoric ester groups is 2. The van der Waals surface area contributed by atoms with Crippen molar-refractivity contribution < 1.29 is 75.8 Å². The lowest BCUT2D eigenvalue weighted by atomic mass is 10.0. The molecule has 5 atom stereocenters. The second kappa shape index (κ2) is 77.1. The van der Waals surface area contributed by atoms with E-state index in [4.69, 9.17) is 32.3 Å². The van der Waals surface area contributed by atoms with Crippen LogP contribution in [0.25, 0.3) is 0 Å². The van der Waals surface area contributed by atoms with Crippen LogP contribution in [0.4, 0.5) is 0 Å². The Bertz CT molecular complexity index is 2450.